The molecule has 30 heavy (non-hydrogen) atoms. The second-order valence-corrected chi connectivity index (χ2v) is 7.07. The van der Waals surface area contributed by atoms with Gasteiger partial charge in [0.2, 0.25) is 5.56 Å². The first-order chi connectivity index (χ1) is 14.6. The van der Waals surface area contributed by atoms with Crippen LogP contribution in [0.1, 0.15) is 12.5 Å². The highest BCUT2D eigenvalue weighted by atomic mass is 16.5. The van der Waals surface area contributed by atoms with Crippen LogP contribution in [0.4, 0.5) is 0 Å². The topological polar surface area (TPSA) is 95.0 Å². The maximum atomic E-state index is 11.4. The van der Waals surface area contributed by atoms with Gasteiger partial charge in [-0.25, -0.2) is 0 Å². The Bertz CT molecular complexity index is 987. The summed E-state index contributed by atoms with van der Waals surface area (Å²) in [4.78, 5) is 16.1. The Hall–Kier alpha value is -2.87. The lowest BCUT2D eigenvalue weighted by molar-refractivity contribution is 0.0590. The number of nitrogens with one attached hydrogen (secondary N) is 1. The van der Waals surface area contributed by atoms with Crippen LogP contribution in [0, 0.1) is 0 Å². The van der Waals surface area contributed by atoms with E-state index in [0.717, 1.165) is 22.2 Å². The van der Waals surface area contributed by atoms with E-state index in [1.807, 2.05) is 42.2 Å². The number of benzene rings is 2. The SMILES string of the molecule is CCOc1ccc(CN(CCO)CC(O)COc2ccc3[nH]c(=O)ccc3c2)cc1. The van der Waals surface area contributed by atoms with Gasteiger partial charge in [0.15, 0.2) is 0 Å². The van der Waals surface area contributed by atoms with E-state index in [2.05, 4.69) is 4.98 Å². The molecule has 0 spiro atoms. The van der Waals surface area contributed by atoms with Gasteiger partial charge in [-0.05, 0) is 48.9 Å². The Morgan fingerprint density at radius 2 is 1.80 bits per heavy atom. The van der Waals surface area contributed by atoms with E-state index >= 15 is 0 Å². The molecule has 1 aromatic heterocycles. The Labute approximate surface area is 175 Å². The molecule has 0 aliphatic rings. The van der Waals surface area contributed by atoms with Crippen LogP contribution in [0.25, 0.3) is 10.9 Å². The normalized spacial score (nSPS) is 12.3. The standard InChI is InChI=1S/C23H28N2O5/c1-2-29-20-6-3-17(4-7-20)14-25(11-12-26)15-19(27)16-30-21-8-9-22-18(13-21)5-10-23(28)24-22/h3-10,13,19,26-27H,2,11-12,14-16H2,1H3,(H,24,28). The monoisotopic (exact) mass is 412 g/mol. The first-order valence-corrected chi connectivity index (χ1v) is 10.1. The summed E-state index contributed by atoms with van der Waals surface area (Å²) in [5, 5.41) is 20.7. The Morgan fingerprint density at radius 3 is 2.53 bits per heavy atom. The summed E-state index contributed by atoms with van der Waals surface area (Å²) in [6, 6.07) is 16.4. The molecule has 3 aromatic rings. The minimum absolute atomic E-state index is 0.00742. The van der Waals surface area contributed by atoms with Crippen molar-refractivity contribution in [2.45, 2.75) is 19.6 Å². The van der Waals surface area contributed by atoms with Crippen LogP contribution in [0.15, 0.2) is 59.4 Å². The van der Waals surface area contributed by atoms with Gasteiger partial charge in [0.1, 0.15) is 24.2 Å². The lowest BCUT2D eigenvalue weighted by Crippen LogP contribution is -2.37. The molecule has 2 aromatic carbocycles. The summed E-state index contributed by atoms with van der Waals surface area (Å²) in [6.45, 7) is 4.12. The predicted octanol–water partition coefficient (Wildman–Crippen LogP) is 2.16. The van der Waals surface area contributed by atoms with Crippen molar-refractivity contribution in [3.63, 3.8) is 0 Å². The second kappa shape index (κ2) is 10.8. The summed E-state index contributed by atoms with van der Waals surface area (Å²) in [6.07, 6.45) is -0.717. The summed E-state index contributed by atoms with van der Waals surface area (Å²) in [7, 11) is 0. The number of aliphatic hydroxyl groups is 2. The molecule has 3 rings (SSSR count). The third-order valence-corrected chi connectivity index (χ3v) is 4.66. The van der Waals surface area contributed by atoms with E-state index in [1.165, 1.54) is 6.07 Å². The Morgan fingerprint density at radius 1 is 1.03 bits per heavy atom. The molecule has 0 radical (unpaired) electrons. The number of hydrogen-bond donors (Lipinski definition) is 3. The zero-order valence-corrected chi connectivity index (χ0v) is 17.1. The molecular formula is C23H28N2O5. The van der Waals surface area contributed by atoms with Gasteiger partial charge in [0, 0.05) is 36.6 Å². The number of aromatic amines is 1. The van der Waals surface area contributed by atoms with Crippen LogP contribution in [0.3, 0.4) is 0 Å². The molecule has 7 nitrogen and oxygen atoms in total. The highest BCUT2D eigenvalue weighted by molar-refractivity contribution is 5.79. The van der Waals surface area contributed by atoms with Crippen LogP contribution in [0.5, 0.6) is 11.5 Å². The van der Waals surface area contributed by atoms with Crippen LogP contribution in [-0.2, 0) is 6.54 Å². The number of aromatic nitrogens is 1. The number of pyridine rings is 1. The van der Waals surface area contributed by atoms with E-state index in [1.54, 1.807) is 18.2 Å². The van der Waals surface area contributed by atoms with E-state index in [0.29, 0.717) is 32.0 Å². The zero-order chi connectivity index (χ0) is 21.3. The number of H-pyrrole nitrogens is 1. The van der Waals surface area contributed by atoms with Crippen molar-refractivity contribution < 1.29 is 19.7 Å². The van der Waals surface area contributed by atoms with Crippen molar-refractivity contribution in [1.82, 2.24) is 9.88 Å². The third kappa shape index (κ3) is 6.32. The van der Waals surface area contributed by atoms with E-state index in [-0.39, 0.29) is 18.8 Å². The molecule has 160 valence electrons. The lowest BCUT2D eigenvalue weighted by atomic mass is 10.2. The average Bonchev–Trinajstić information content (AvgIpc) is 2.74. The Balaban J connectivity index is 1.54. The van der Waals surface area contributed by atoms with Gasteiger partial charge in [0.05, 0.1) is 13.2 Å². The summed E-state index contributed by atoms with van der Waals surface area (Å²) in [5.74, 6) is 1.44. The maximum absolute atomic E-state index is 11.4. The number of hydrogen-bond acceptors (Lipinski definition) is 6. The average molecular weight is 412 g/mol. The van der Waals surface area contributed by atoms with Crippen LogP contribution in [-0.4, -0.2) is 59.1 Å². The molecule has 0 amide bonds. The fraction of sp³-hybridized carbons (Fsp3) is 0.348. The highest BCUT2D eigenvalue weighted by Gasteiger charge is 2.13. The van der Waals surface area contributed by atoms with E-state index in [4.69, 9.17) is 9.47 Å². The minimum atomic E-state index is -0.717. The largest absolute Gasteiger partial charge is 0.494 e. The lowest BCUT2D eigenvalue weighted by Gasteiger charge is -2.24. The quantitative estimate of drug-likeness (QED) is 0.447. The maximum Gasteiger partial charge on any atom is 0.248 e. The molecule has 0 fully saturated rings. The zero-order valence-electron chi connectivity index (χ0n) is 17.1. The summed E-state index contributed by atoms with van der Waals surface area (Å²) in [5.41, 5.74) is 1.66. The molecular weight excluding hydrogens is 384 g/mol. The van der Waals surface area contributed by atoms with Crippen molar-refractivity contribution in [2.75, 3.05) is 32.9 Å². The number of nitrogens with zero attached hydrogens (tertiary/aromatic N) is 1. The summed E-state index contributed by atoms with van der Waals surface area (Å²) >= 11 is 0. The number of aliphatic hydroxyl groups excluding tert-OH is 2. The third-order valence-electron chi connectivity index (χ3n) is 4.66. The second-order valence-electron chi connectivity index (χ2n) is 7.07. The van der Waals surface area contributed by atoms with E-state index in [9.17, 15) is 15.0 Å². The van der Waals surface area contributed by atoms with Crippen LogP contribution in [0.2, 0.25) is 0 Å². The van der Waals surface area contributed by atoms with Crippen LogP contribution >= 0.6 is 0 Å². The van der Waals surface area contributed by atoms with Gasteiger partial charge in [0.25, 0.3) is 0 Å². The molecule has 0 bridgehead atoms. The molecule has 0 aliphatic heterocycles. The van der Waals surface area contributed by atoms with Gasteiger partial charge in [-0.1, -0.05) is 12.1 Å². The van der Waals surface area contributed by atoms with Gasteiger partial charge in [-0.3, -0.25) is 9.69 Å². The fourth-order valence-corrected chi connectivity index (χ4v) is 3.26. The van der Waals surface area contributed by atoms with Gasteiger partial charge in [-0.15, -0.1) is 0 Å². The predicted molar refractivity (Wildman–Crippen MR) is 116 cm³/mol. The molecule has 0 saturated carbocycles. The van der Waals surface area contributed by atoms with Crippen molar-refractivity contribution in [2.24, 2.45) is 0 Å². The highest BCUT2D eigenvalue weighted by Crippen LogP contribution is 2.18. The summed E-state index contributed by atoms with van der Waals surface area (Å²) < 4.78 is 11.2. The number of rotatable bonds is 11. The van der Waals surface area contributed by atoms with Gasteiger partial charge < -0.3 is 24.7 Å². The smallest absolute Gasteiger partial charge is 0.248 e. The van der Waals surface area contributed by atoms with Crippen molar-refractivity contribution in [3.05, 3.63) is 70.5 Å². The number of fused-ring (bicyclic) bond motifs is 1. The molecule has 0 aliphatic carbocycles. The van der Waals surface area contributed by atoms with Gasteiger partial charge >= 0.3 is 0 Å². The molecule has 3 N–H and O–H groups in total. The molecule has 1 unspecified atom stereocenters. The number of ether oxygens (including phenoxy) is 2. The fourth-order valence-electron chi connectivity index (χ4n) is 3.26. The van der Waals surface area contributed by atoms with E-state index < -0.39 is 6.10 Å². The van der Waals surface area contributed by atoms with Crippen LogP contribution < -0.4 is 15.0 Å². The van der Waals surface area contributed by atoms with Gasteiger partial charge in [-0.2, -0.15) is 0 Å². The first-order valence-electron chi connectivity index (χ1n) is 10.1. The van der Waals surface area contributed by atoms with Crippen molar-refractivity contribution in [3.8, 4) is 11.5 Å². The first kappa shape index (κ1) is 21.8. The molecule has 7 heteroatoms. The molecule has 1 atom stereocenters. The minimum Gasteiger partial charge on any atom is -0.494 e. The molecule has 0 saturated heterocycles. The molecule has 1 heterocycles. The van der Waals surface area contributed by atoms with Crippen molar-refractivity contribution in [1.29, 1.82) is 0 Å². The Kier molecular flexibility index (Phi) is 7.84. The van der Waals surface area contributed by atoms with Crippen molar-refractivity contribution >= 4 is 10.9 Å².